The Bertz CT molecular complexity index is 1060. The number of alkyl halides is 6. The number of amides is 1. The molecule has 0 spiro atoms. The Kier molecular flexibility index (Phi) is 25.2. The number of carbonyl (C=O) groups excluding carboxylic acids is 2. The van der Waals surface area contributed by atoms with Gasteiger partial charge in [-0.1, -0.05) is 43.6 Å². The fourth-order valence-electron chi connectivity index (χ4n) is 2.78. The second kappa shape index (κ2) is 22.2. The second-order valence-corrected chi connectivity index (χ2v) is 10.3. The number of ketones is 1. The van der Waals surface area contributed by atoms with Gasteiger partial charge in [0.15, 0.2) is 5.78 Å². The quantitative estimate of drug-likeness (QED) is 0.126. The van der Waals surface area contributed by atoms with Crippen molar-refractivity contribution in [3.63, 3.8) is 0 Å². The average Bonchev–Trinajstić information content (AvgIpc) is 2.81. The zero-order valence-electron chi connectivity index (χ0n) is 25.6. The van der Waals surface area contributed by atoms with Crippen LogP contribution in [0.15, 0.2) is 40.9 Å². The first kappa shape index (κ1) is 47.6. The fourth-order valence-corrected chi connectivity index (χ4v) is 3.38. The summed E-state index contributed by atoms with van der Waals surface area (Å²) in [6, 6.07) is 7.25. The zero-order chi connectivity index (χ0) is 32.0. The summed E-state index contributed by atoms with van der Waals surface area (Å²) in [7, 11) is 3.07. The number of nitrogens with zero attached hydrogens (tertiary/aromatic N) is 1. The Balaban J connectivity index is -0.000000249. The van der Waals surface area contributed by atoms with E-state index < -0.39 is 23.5 Å². The van der Waals surface area contributed by atoms with Gasteiger partial charge in [-0.05, 0) is 61.4 Å². The summed E-state index contributed by atoms with van der Waals surface area (Å²) >= 11 is 3.01. The van der Waals surface area contributed by atoms with E-state index in [0.717, 1.165) is 24.3 Å². The molecule has 0 saturated heterocycles. The first-order valence-electron chi connectivity index (χ1n) is 12.2. The molecule has 0 bridgehead atoms. The minimum absolute atomic E-state index is 0. The molecule has 0 radical (unpaired) electrons. The predicted molar refractivity (Wildman–Crippen MR) is 155 cm³/mol. The van der Waals surface area contributed by atoms with Gasteiger partial charge >= 0.3 is 35.4 Å². The van der Waals surface area contributed by atoms with Crippen LogP contribution >= 0.6 is 15.9 Å². The number of halogens is 8. The summed E-state index contributed by atoms with van der Waals surface area (Å²) in [5.41, 5.74) is -0.219. The molecule has 0 unspecified atom stereocenters. The molecule has 4 nitrogen and oxygen atoms in total. The van der Waals surface area contributed by atoms with Gasteiger partial charge in [-0.25, -0.2) is 5.06 Å². The number of benzene rings is 2. The maximum Gasteiger partial charge on any atom is 2.00 e. The molecule has 2 aromatic carbocycles. The van der Waals surface area contributed by atoms with E-state index in [9.17, 15) is 35.9 Å². The number of carbonyl (C=O) groups is 2. The number of rotatable bonds is 4. The van der Waals surface area contributed by atoms with Crippen molar-refractivity contribution in [3.8, 4) is 0 Å². The molecule has 2 aromatic rings. The number of aryl methyl sites for hydroxylation is 2. The smallest absolute Gasteiger partial charge is 1.00 e. The van der Waals surface area contributed by atoms with Crippen LogP contribution in [0.1, 0.15) is 74.2 Å². The monoisotopic (exact) mass is 701 g/mol. The Hall–Kier alpha value is -1.34. The van der Waals surface area contributed by atoms with Crippen molar-refractivity contribution in [2.45, 2.75) is 67.7 Å². The van der Waals surface area contributed by atoms with Gasteiger partial charge in [0, 0.05) is 28.9 Å². The largest absolute Gasteiger partial charge is 2.00 e. The average molecular weight is 703 g/mol. The molecular weight excluding hydrogens is 664 g/mol. The normalized spacial score (nSPS) is 10.5. The molecule has 42 heavy (non-hydrogen) atoms. The van der Waals surface area contributed by atoms with E-state index in [1.54, 1.807) is 40.8 Å². The van der Waals surface area contributed by atoms with Crippen LogP contribution < -0.4 is 12.4 Å². The summed E-state index contributed by atoms with van der Waals surface area (Å²) in [4.78, 5) is 27.1. The third kappa shape index (κ3) is 19.8. The molecular formula is C29H39BrClF6MgNO3. The van der Waals surface area contributed by atoms with E-state index in [1.165, 1.54) is 18.2 Å². The Morgan fingerprint density at radius 3 is 1.48 bits per heavy atom. The molecule has 0 aliphatic heterocycles. The molecule has 236 valence electrons. The Morgan fingerprint density at radius 2 is 1.19 bits per heavy atom. The molecule has 2 rings (SSSR count). The summed E-state index contributed by atoms with van der Waals surface area (Å²) in [5, 5.41) is 1.23. The molecule has 0 atom stereocenters. The van der Waals surface area contributed by atoms with Gasteiger partial charge in [0.2, 0.25) is 5.91 Å². The van der Waals surface area contributed by atoms with Crippen molar-refractivity contribution >= 4 is 50.7 Å². The molecule has 0 N–H and O–H groups in total. The zero-order valence-corrected chi connectivity index (χ0v) is 29.4. The molecule has 0 heterocycles. The van der Waals surface area contributed by atoms with E-state index in [1.807, 2.05) is 34.1 Å². The third-order valence-corrected chi connectivity index (χ3v) is 5.12. The van der Waals surface area contributed by atoms with E-state index in [-0.39, 0.29) is 64.5 Å². The topological polar surface area (TPSA) is 46.6 Å². The number of Topliss-reactive ketones (excluding diaryl/α,β-unsaturated/α-hetero) is 1. The molecule has 0 aliphatic carbocycles. The third-order valence-electron chi connectivity index (χ3n) is 4.66. The van der Waals surface area contributed by atoms with Crippen molar-refractivity contribution in [2.75, 3.05) is 14.2 Å². The van der Waals surface area contributed by atoms with Crippen LogP contribution in [0.2, 0.25) is 0 Å². The van der Waals surface area contributed by atoms with Crippen LogP contribution in [0.25, 0.3) is 0 Å². The van der Waals surface area contributed by atoms with Crippen LogP contribution in [0.5, 0.6) is 0 Å². The van der Waals surface area contributed by atoms with Crippen molar-refractivity contribution < 1.29 is 53.2 Å². The number of hydrogen-bond acceptors (Lipinski definition) is 3. The van der Waals surface area contributed by atoms with E-state index in [0.29, 0.717) is 15.6 Å². The van der Waals surface area contributed by atoms with Crippen molar-refractivity contribution in [3.05, 3.63) is 75.1 Å². The van der Waals surface area contributed by atoms with Gasteiger partial charge in [0.25, 0.3) is 0 Å². The van der Waals surface area contributed by atoms with E-state index >= 15 is 0 Å². The van der Waals surface area contributed by atoms with Gasteiger partial charge in [0.1, 0.15) is 0 Å². The van der Waals surface area contributed by atoms with Gasteiger partial charge in [0.05, 0.1) is 18.2 Å². The number of hydrogen-bond donors (Lipinski definition) is 0. The molecule has 1 amide bonds. The summed E-state index contributed by atoms with van der Waals surface area (Å²) in [5.74, 6) is -0.565. The summed E-state index contributed by atoms with van der Waals surface area (Å²) in [6.45, 7) is 14.2. The van der Waals surface area contributed by atoms with Gasteiger partial charge in [-0.15, -0.1) is 0 Å². The molecule has 0 saturated carbocycles. The molecule has 13 heteroatoms. The maximum absolute atomic E-state index is 12.5. The second-order valence-electron chi connectivity index (χ2n) is 9.37. The standard InChI is InChI=1S/C12H13F3O.C8H6BrF3.C6H13NO2.C3H7.ClH.Mg/c1-7(2)11(16)9-4-8(3)5-10(6-9)12(13,14)15;1-5-2-6(8(10,11)12)4-7(9)3-5;1-5(2)6(8)7(3)9-4;1-3-2;;/h4-7H,1-3H3;2-4H,1H3;5H,1-4H3;3H,1-2H3;1H;/q;;;-1;;+2/p-1. The van der Waals surface area contributed by atoms with Crippen LogP contribution in [-0.2, 0) is 22.0 Å². The first-order chi connectivity index (χ1) is 18.1. The van der Waals surface area contributed by atoms with E-state index in [2.05, 4.69) is 20.8 Å². The Morgan fingerprint density at radius 1 is 0.810 bits per heavy atom. The first-order valence-corrected chi connectivity index (χ1v) is 13.0. The van der Waals surface area contributed by atoms with Crippen LogP contribution in [0, 0.1) is 32.1 Å². The van der Waals surface area contributed by atoms with Gasteiger partial charge in [-0.2, -0.15) is 40.2 Å². The van der Waals surface area contributed by atoms with Crippen LogP contribution in [0.3, 0.4) is 0 Å². The van der Waals surface area contributed by atoms with Crippen LogP contribution in [0.4, 0.5) is 26.3 Å². The van der Waals surface area contributed by atoms with E-state index in [4.69, 9.17) is 0 Å². The number of hydroxylamine groups is 2. The van der Waals surface area contributed by atoms with Crippen molar-refractivity contribution in [1.29, 1.82) is 0 Å². The minimum Gasteiger partial charge on any atom is -1.00 e. The molecule has 0 aliphatic rings. The minimum atomic E-state index is -4.40. The molecule has 0 fully saturated rings. The predicted octanol–water partition coefficient (Wildman–Crippen LogP) is 6.14. The van der Waals surface area contributed by atoms with Crippen molar-refractivity contribution in [1.82, 2.24) is 5.06 Å². The molecule has 0 aromatic heterocycles. The SMILES string of the molecule is CON(C)C(=O)C(C)C.C[CH-]C.Cc1cc(Br)cc(C(F)(F)F)c1.Cc1cc(C(=O)C(C)C)cc(C(F)(F)F)c1.[Cl-].[Mg+2]. The van der Waals surface area contributed by atoms with Gasteiger partial charge < -0.3 is 18.8 Å². The summed E-state index contributed by atoms with van der Waals surface area (Å²) in [6.07, 6.45) is -6.66. The summed E-state index contributed by atoms with van der Waals surface area (Å²) < 4.78 is 74.3. The van der Waals surface area contributed by atoms with Gasteiger partial charge in [-0.3, -0.25) is 14.4 Å². The Labute approximate surface area is 276 Å². The van der Waals surface area contributed by atoms with Crippen molar-refractivity contribution in [2.24, 2.45) is 11.8 Å². The maximum atomic E-state index is 12.5. The van der Waals surface area contributed by atoms with Crippen LogP contribution in [-0.4, -0.2) is 54.0 Å². The fraction of sp³-hybridized carbons (Fsp3) is 0.483.